The van der Waals surface area contributed by atoms with Crippen LogP contribution in [-0.4, -0.2) is 10.2 Å². The number of hydrogen-bond donors (Lipinski definition) is 2. The highest BCUT2D eigenvalue weighted by molar-refractivity contribution is 5.76. The molecule has 2 nitrogen and oxygen atoms in total. The molecule has 0 unspecified atom stereocenters. The standard InChI is InChI=1S/C21H20O2/c1-14(2)20-12-7-17(15-3-8-18(22)9-4-15)13-21(20)16-5-10-19(23)11-6-16/h3-14,22-23H,1-2H3. The summed E-state index contributed by atoms with van der Waals surface area (Å²) in [4.78, 5) is 0. The number of hydrogen-bond acceptors (Lipinski definition) is 2. The zero-order chi connectivity index (χ0) is 16.4. The second-order valence-electron chi connectivity index (χ2n) is 6.05. The summed E-state index contributed by atoms with van der Waals surface area (Å²) in [5.41, 5.74) is 5.71. The Kier molecular flexibility index (Phi) is 4.07. The third-order valence-corrected chi connectivity index (χ3v) is 4.05. The monoisotopic (exact) mass is 304 g/mol. The molecule has 3 aromatic rings. The fourth-order valence-electron chi connectivity index (χ4n) is 2.78. The number of aromatic hydroxyl groups is 2. The van der Waals surface area contributed by atoms with E-state index in [1.54, 1.807) is 24.3 Å². The summed E-state index contributed by atoms with van der Waals surface area (Å²) in [5, 5.41) is 19.0. The molecule has 0 aliphatic rings. The first-order chi connectivity index (χ1) is 11.0. The van der Waals surface area contributed by atoms with Crippen LogP contribution < -0.4 is 0 Å². The van der Waals surface area contributed by atoms with Crippen molar-refractivity contribution in [2.75, 3.05) is 0 Å². The molecule has 3 aromatic carbocycles. The van der Waals surface area contributed by atoms with Gasteiger partial charge < -0.3 is 10.2 Å². The number of phenols is 2. The van der Waals surface area contributed by atoms with Gasteiger partial charge in [-0.25, -0.2) is 0 Å². The molecule has 0 heterocycles. The van der Waals surface area contributed by atoms with Crippen LogP contribution >= 0.6 is 0 Å². The predicted octanol–water partition coefficient (Wildman–Crippen LogP) is 5.56. The Hall–Kier alpha value is -2.74. The van der Waals surface area contributed by atoms with Crippen molar-refractivity contribution < 1.29 is 10.2 Å². The predicted molar refractivity (Wildman–Crippen MR) is 94.7 cm³/mol. The van der Waals surface area contributed by atoms with E-state index in [0.717, 1.165) is 16.7 Å². The van der Waals surface area contributed by atoms with Crippen LogP contribution in [0.3, 0.4) is 0 Å². The molecule has 116 valence electrons. The SMILES string of the molecule is CC(C)c1ccc(-c2ccc(O)cc2)cc1-c1ccc(O)cc1. The lowest BCUT2D eigenvalue weighted by molar-refractivity contribution is 0.475. The van der Waals surface area contributed by atoms with E-state index in [1.807, 2.05) is 24.3 Å². The Bertz CT molecular complexity index is 800. The molecular weight excluding hydrogens is 284 g/mol. The Morgan fingerprint density at radius 2 is 1.09 bits per heavy atom. The summed E-state index contributed by atoms with van der Waals surface area (Å²) < 4.78 is 0. The van der Waals surface area contributed by atoms with Crippen LogP contribution in [-0.2, 0) is 0 Å². The van der Waals surface area contributed by atoms with Gasteiger partial charge in [-0.2, -0.15) is 0 Å². The highest BCUT2D eigenvalue weighted by atomic mass is 16.3. The van der Waals surface area contributed by atoms with E-state index in [-0.39, 0.29) is 11.5 Å². The van der Waals surface area contributed by atoms with Gasteiger partial charge in [-0.1, -0.05) is 50.2 Å². The van der Waals surface area contributed by atoms with Crippen molar-refractivity contribution in [1.29, 1.82) is 0 Å². The quantitative estimate of drug-likeness (QED) is 0.665. The van der Waals surface area contributed by atoms with Gasteiger partial charge in [-0.15, -0.1) is 0 Å². The average molecular weight is 304 g/mol. The Labute approximate surface area is 136 Å². The molecule has 0 saturated carbocycles. The molecule has 0 bridgehead atoms. The van der Waals surface area contributed by atoms with Gasteiger partial charge in [0.1, 0.15) is 11.5 Å². The lowest BCUT2D eigenvalue weighted by Crippen LogP contribution is -1.93. The molecule has 0 atom stereocenters. The van der Waals surface area contributed by atoms with Gasteiger partial charge in [0, 0.05) is 0 Å². The molecule has 0 amide bonds. The van der Waals surface area contributed by atoms with E-state index in [0.29, 0.717) is 5.92 Å². The minimum absolute atomic E-state index is 0.270. The van der Waals surface area contributed by atoms with Crippen LogP contribution in [0.25, 0.3) is 22.3 Å². The van der Waals surface area contributed by atoms with Gasteiger partial charge in [-0.05, 0) is 64.1 Å². The van der Waals surface area contributed by atoms with Gasteiger partial charge in [0.15, 0.2) is 0 Å². The third-order valence-electron chi connectivity index (χ3n) is 4.05. The second-order valence-corrected chi connectivity index (χ2v) is 6.05. The van der Waals surface area contributed by atoms with Crippen LogP contribution in [0, 0.1) is 0 Å². The second kappa shape index (κ2) is 6.17. The van der Waals surface area contributed by atoms with Crippen molar-refractivity contribution >= 4 is 0 Å². The highest BCUT2D eigenvalue weighted by Crippen LogP contribution is 2.34. The van der Waals surface area contributed by atoms with Crippen LogP contribution in [0.1, 0.15) is 25.3 Å². The van der Waals surface area contributed by atoms with E-state index in [2.05, 4.69) is 32.0 Å². The Morgan fingerprint density at radius 1 is 0.609 bits per heavy atom. The summed E-state index contributed by atoms with van der Waals surface area (Å²) in [6.45, 7) is 4.36. The summed E-state index contributed by atoms with van der Waals surface area (Å²) in [5.74, 6) is 0.952. The largest absolute Gasteiger partial charge is 0.508 e. The Balaban J connectivity index is 2.13. The van der Waals surface area contributed by atoms with Crippen molar-refractivity contribution in [2.24, 2.45) is 0 Å². The van der Waals surface area contributed by atoms with Crippen molar-refractivity contribution in [1.82, 2.24) is 0 Å². The maximum Gasteiger partial charge on any atom is 0.115 e. The zero-order valence-corrected chi connectivity index (χ0v) is 13.3. The maximum atomic E-state index is 9.52. The van der Waals surface area contributed by atoms with Gasteiger partial charge in [0.2, 0.25) is 0 Å². The minimum Gasteiger partial charge on any atom is -0.508 e. The van der Waals surface area contributed by atoms with Crippen LogP contribution in [0.2, 0.25) is 0 Å². The molecule has 0 fully saturated rings. The summed E-state index contributed by atoms with van der Waals surface area (Å²) in [7, 11) is 0. The van der Waals surface area contributed by atoms with Crippen LogP contribution in [0.15, 0.2) is 66.7 Å². The molecule has 0 aliphatic carbocycles. The van der Waals surface area contributed by atoms with Crippen LogP contribution in [0.4, 0.5) is 0 Å². The van der Waals surface area contributed by atoms with E-state index in [9.17, 15) is 10.2 Å². The van der Waals surface area contributed by atoms with E-state index < -0.39 is 0 Å². The van der Waals surface area contributed by atoms with E-state index >= 15 is 0 Å². The highest BCUT2D eigenvalue weighted by Gasteiger charge is 2.11. The van der Waals surface area contributed by atoms with Crippen molar-refractivity contribution in [2.45, 2.75) is 19.8 Å². The van der Waals surface area contributed by atoms with E-state index in [4.69, 9.17) is 0 Å². The molecule has 2 heteroatoms. The fraction of sp³-hybridized carbons (Fsp3) is 0.143. The lowest BCUT2D eigenvalue weighted by atomic mass is 9.89. The molecule has 0 spiro atoms. The number of phenolic OH excluding ortho intramolecular Hbond substituents is 2. The maximum absolute atomic E-state index is 9.52. The summed E-state index contributed by atoms with van der Waals surface area (Å²) >= 11 is 0. The minimum atomic E-state index is 0.270. The number of rotatable bonds is 3. The molecule has 2 N–H and O–H groups in total. The average Bonchev–Trinajstić information content (AvgIpc) is 2.55. The summed E-state index contributed by atoms with van der Waals surface area (Å²) in [6.07, 6.45) is 0. The van der Waals surface area contributed by atoms with Gasteiger partial charge >= 0.3 is 0 Å². The first-order valence-corrected chi connectivity index (χ1v) is 7.77. The van der Waals surface area contributed by atoms with Gasteiger partial charge in [-0.3, -0.25) is 0 Å². The molecule has 23 heavy (non-hydrogen) atoms. The van der Waals surface area contributed by atoms with Gasteiger partial charge in [0.05, 0.1) is 0 Å². The molecule has 3 rings (SSSR count). The molecule has 0 radical (unpaired) electrons. The van der Waals surface area contributed by atoms with E-state index in [1.165, 1.54) is 11.1 Å². The van der Waals surface area contributed by atoms with Crippen LogP contribution in [0.5, 0.6) is 11.5 Å². The molecule has 0 saturated heterocycles. The zero-order valence-electron chi connectivity index (χ0n) is 13.3. The Morgan fingerprint density at radius 3 is 1.61 bits per heavy atom. The lowest BCUT2D eigenvalue weighted by Gasteiger charge is -2.15. The van der Waals surface area contributed by atoms with Gasteiger partial charge in [0.25, 0.3) is 0 Å². The molecule has 0 aromatic heterocycles. The van der Waals surface area contributed by atoms with Crippen molar-refractivity contribution in [3.05, 3.63) is 72.3 Å². The fourth-order valence-corrected chi connectivity index (χ4v) is 2.78. The molecule has 0 aliphatic heterocycles. The normalized spacial score (nSPS) is 10.9. The van der Waals surface area contributed by atoms with Crippen molar-refractivity contribution in [3.63, 3.8) is 0 Å². The van der Waals surface area contributed by atoms with Crippen molar-refractivity contribution in [3.8, 4) is 33.8 Å². The molecular formula is C21H20O2. The summed E-state index contributed by atoms with van der Waals surface area (Å²) in [6, 6.07) is 21.0. The first-order valence-electron chi connectivity index (χ1n) is 7.77. The smallest absolute Gasteiger partial charge is 0.115 e. The topological polar surface area (TPSA) is 40.5 Å². The third kappa shape index (κ3) is 3.21. The number of benzene rings is 3. The first kappa shape index (κ1) is 15.2.